The van der Waals surface area contributed by atoms with Crippen LogP contribution in [0.25, 0.3) is 0 Å². The van der Waals surface area contributed by atoms with E-state index in [-0.39, 0.29) is 24.1 Å². The Balaban J connectivity index is 1.76. The molecule has 0 bridgehead atoms. The van der Waals surface area contributed by atoms with Gasteiger partial charge in [-0.25, -0.2) is 0 Å². The largest absolute Gasteiger partial charge is 0.481 e. The molecule has 1 aromatic heterocycles. The number of aliphatic carboxylic acids is 1. The van der Waals surface area contributed by atoms with E-state index in [2.05, 4.69) is 5.32 Å². The van der Waals surface area contributed by atoms with Gasteiger partial charge >= 0.3 is 5.97 Å². The van der Waals surface area contributed by atoms with Crippen LogP contribution in [0.2, 0.25) is 0 Å². The Morgan fingerprint density at radius 2 is 1.93 bits per heavy atom. The summed E-state index contributed by atoms with van der Waals surface area (Å²) in [4.78, 5) is 39.4. The normalized spacial score (nSPS) is 18.7. The monoisotopic (exact) mass is 398 g/mol. The third kappa shape index (κ3) is 4.18. The number of piperidine rings is 1. The number of hydrogen-bond donors (Lipinski definition) is 2. The summed E-state index contributed by atoms with van der Waals surface area (Å²) in [6.45, 7) is 2.22. The fourth-order valence-electron chi connectivity index (χ4n) is 3.88. The first kappa shape index (κ1) is 20.6. The van der Waals surface area contributed by atoms with E-state index in [9.17, 15) is 19.5 Å². The lowest BCUT2D eigenvalue weighted by molar-refractivity contribution is -0.144. The molecule has 3 rings (SSSR count). The quantitative estimate of drug-likeness (QED) is 0.747. The van der Waals surface area contributed by atoms with Crippen LogP contribution < -0.4 is 5.32 Å². The van der Waals surface area contributed by atoms with E-state index in [0.717, 1.165) is 12.8 Å². The number of amides is 2. The van der Waals surface area contributed by atoms with Crippen LogP contribution >= 0.6 is 0 Å². The van der Waals surface area contributed by atoms with Crippen molar-refractivity contribution in [2.24, 2.45) is 0 Å². The van der Waals surface area contributed by atoms with Gasteiger partial charge in [-0.05, 0) is 43.4 Å². The summed E-state index contributed by atoms with van der Waals surface area (Å²) in [7, 11) is 0. The Bertz CT molecular complexity index is 849. The number of hydrogen-bond acceptors (Lipinski definition) is 4. The van der Waals surface area contributed by atoms with E-state index in [4.69, 9.17) is 4.42 Å². The number of nitrogens with one attached hydrogen (secondary N) is 1. The molecular formula is C22H26N2O5. The van der Waals surface area contributed by atoms with E-state index in [1.54, 1.807) is 43.3 Å². The van der Waals surface area contributed by atoms with Crippen molar-refractivity contribution in [3.63, 3.8) is 0 Å². The molecule has 0 aliphatic carbocycles. The fraction of sp³-hybridized carbons (Fsp3) is 0.409. The first-order valence-corrected chi connectivity index (χ1v) is 9.90. The Morgan fingerprint density at radius 3 is 2.55 bits per heavy atom. The molecule has 0 radical (unpaired) electrons. The molecule has 1 aromatic carbocycles. The summed E-state index contributed by atoms with van der Waals surface area (Å²) < 4.78 is 5.20. The van der Waals surface area contributed by atoms with Gasteiger partial charge in [-0.2, -0.15) is 0 Å². The molecule has 2 heterocycles. The predicted octanol–water partition coefficient (Wildman–Crippen LogP) is 2.82. The SMILES string of the molecule is CCC(CNC(=O)C1CCCCN1C(=O)c1ccco1)(C(=O)O)c1ccccc1. The predicted molar refractivity (Wildman–Crippen MR) is 106 cm³/mol. The molecule has 2 atom stereocenters. The lowest BCUT2D eigenvalue weighted by atomic mass is 9.78. The molecule has 0 spiro atoms. The molecule has 2 aromatic rings. The summed E-state index contributed by atoms with van der Waals surface area (Å²) >= 11 is 0. The number of carboxylic acids is 1. The molecule has 7 heteroatoms. The van der Waals surface area contributed by atoms with Crippen molar-refractivity contribution in [3.8, 4) is 0 Å². The Morgan fingerprint density at radius 1 is 1.17 bits per heavy atom. The Hall–Kier alpha value is -3.09. The van der Waals surface area contributed by atoms with Gasteiger partial charge in [-0.1, -0.05) is 37.3 Å². The molecule has 154 valence electrons. The highest BCUT2D eigenvalue weighted by atomic mass is 16.4. The minimum absolute atomic E-state index is 0.0407. The number of carboxylic acid groups (broad SMARTS) is 1. The first-order chi connectivity index (χ1) is 14.0. The lowest BCUT2D eigenvalue weighted by Crippen LogP contribution is -2.55. The van der Waals surface area contributed by atoms with Crippen LogP contribution in [0.1, 0.15) is 48.7 Å². The molecule has 0 saturated carbocycles. The highest BCUT2D eigenvalue weighted by Gasteiger charge is 2.40. The summed E-state index contributed by atoms with van der Waals surface area (Å²) in [5.41, 5.74) is -0.580. The second kappa shape index (κ2) is 8.94. The van der Waals surface area contributed by atoms with Crippen molar-refractivity contribution in [2.75, 3.05) is 13.1 Å². The number of benzene rings is 1. The highest BCUT2D eigenvalue weighted by Crippen LogP contribution is 2.28. The number of rotatable bonds is 7. The minimum atomic E-state index is -1.22. The third-order valence-electron chi connectivity index (χ3n) is 5.70. The third-order valence-corrected chi connectivity index (χ3v) is 5.70. The maximum atomic E-state index is 13.0. The first-order valence-electron chi connectivity index (χ1n) is 9.90. The van der Waals surface area contributed by atoms with E-state index >= 15 is 0 Å². The van der Waals surface area contributed by atoms with Crippen LogP contribution in [-0.4, -0.2) is 46.9 Å². The van der Waals surface area contributed by atoms with Crippen LogP contribution in [0, 0.1) is 0 Å². The van der Waals surface area contributed by atoms with Gasteiger partial charge in [0.05, 0.1) is 6.26 Å². The molecule has 29 heavy (non-hydrogen) atoms. The van der Waals surface area contributed by atoms with Crippen LogP contribution in [-0.2, 0) is 15.0 Å². The molecule has 2 amide bonds. The smallest absolute Gasteiger partial charge is 0.315 e. The molecule has 1 aliphatic rings. The van der Waals surface area contributed by atoms with E-state index in [0.29, 0.717) is 24.9 Å². The molecule has 1 aliphatic heterocycles. The van der Waals surface area contributed by atoms with Gasteiger partial charge in [0.25, 0.3) is 5.91 Å². The lowest BCUT2D eigenvalue weighted by Gasteiger charge is -2.35. The molecular weight excluding hydrogens is 372 g/mol. The van der Waals surface area contributed by atoms with Gasteiger partial charge in [-0.3, -0.25) is 14.4 Å². The Kier molecular flexibility index (Phi) is 6.36. The van der Waals surface area contributed by atoms with Crippen molar-refractivity contribution < 1.29 is 23.9 Å². The molecule has 1 fully saturated rings. The summed E-state index contributed by atoms with van der Waals surface area (Å²) in [6, 6.07) is 11.5. The molecule has 1 saturated heterocycles. The van der Waals surface area contributed by atoms with Gasteiger partial charge in [0.1, 0.15) is 11.5 Å². The summed E-state index contributed by atoms with van der Waals surface area (Å²) in [5, 5.41) is 12.7. The second-order valence-corrected chi connectivity index (χ2v) is 7.31. The van der Waals surface area contributed by atoms with Gasteiger partial charge < -0.3 is 19.7 Å². The van der Waals surface area contributed by atoms with Crippen LogP contribution in [0.5, 0.6) is 0 Å². The molecule has 2 N–H and O–H groups in total. The Labute approximate surface area is 169 Å². The molecule has 7 nitrogen and oxygen atoms in total. The van der Waals surface area contributed by atoms with Crippen LogP contribution in [0.15, 0.2) is 53.1 Å². The summed E-state index contributed by atoms with van der Waals surface area (Å²) in [5.74, 6) is -1.45. The van der Waals surface area contributed by atoms with Crippen molar-refractivity contribution in [2.45, 2.75) is 44.1 Å². The number of carbonyl (C=O) groups excluding carboxylic acids is 2. The number of furan rings is 1. The van der Waals surface area contributed by atoms with Crippen LogP contribution in [0.4, 0.5) is 0 Å². The zero-order valence-corrected chi connectivity index (χ0v) is 16.5. The van der Waals surface area contributed by atoms with Crippen LogP contribution in [0.3, 0.4) is 0 Å². The van der Waals surface area contributed by atoms with Gasteiger partial charge in [0.2, 0.25) is 5.91 Å². The van der Waals surface area contributed by atoms with Crippen molar-refractivity contribution in [1.29, 1.82) is 0 Å². The minimum Gasteiger partial charge on any atom is -0.481 e. The maximum absolute atomic E-state index is 13.0. The standard InChI is InChI=1S/C22H26N2O5/c1-2-22(21(27)28,16-9-4-3-5-10-16)15-23-19(25)17-11-6-7-13-24(17)20(26)18-12-8-14-29-18/h3-5,8-10,12,14,17H,2,6-7,11,13,15H2,1H3,(H,23,25)(H,27,28). The van der Waals surface area contributed by atoms with Crippen molar-refractivity contribution >= 4 is 17.8 Å². The zero-order chi connectivity index (χ0) is 20.9. The van der Waals surface area contributed by atoms with Crippen molar-refractivity contribution in [3.05, 3.63) is 60.1 Å². The van der Waals surface area contributed by atoms with Crippen molar-refractivity contribution in [1.82, 2.24) is 10.2 Å². The number of carbonyl (C=O) groups is 3. The van der Waals surface area contributed by atoms with E-state index in [1.807, 2.05) is 6.07 Å². The maximum Gasteiger partial charge on any atom is 0.315 e. The number of likely N-dealkylation sites (tertiary alicyclic amines) is 1. The summed E-state index contributed by atoms with van der Waals surface area (Å²) in [6.07, 6.45) is 3.93. The topological polar surface area (TPSA) is 99.9 Å². The van der Waals surface area contributed by atoms with E-state index in [1.165, 1.54) is 11.2 Å². The highest BCUT2D eigenvalue weighted by molar-refractivity contribution is 5.96. The number of nitrogens with zero attached hydrogens (tertiary/aromatic N) is 1. The second-order valence-electron chi connectivity index (χ2n) is 7.31. The van der Waals surface area contributed by atoms with Gasteiger partial charge in [0.15, 0.2) is 5.76 Å². The van der Waals surface area contributed by atoms with Gasteiger partial charge in [-0.15, -0.1) is 0 Å². The zero-order valence-electron chi connectivity index (χ0n) is 16.5. The van der Waals surface area contributed by atoms with Gasteiger partial charge in [0, 0.05) is 13.1 Å². The average molecular weight is 398 g/mol. The average Bonchev–Trinajstić information content (AvgIpc) is 3.29. The fourth-order valence-corrected chi connectivity index (χ4v) is 3.88. The molecule has 2 unspecified atom stereocenters. The van der Waals surface area contributed by atoms with E-state index < -0.39 is 17.4 Å².